The first-order valence-corrected chi connectivity index (χ1v) is 8.40. The topological polar surface area (TPSA) is 109 Å². The van der Waals surface area contributed by atoms with Gasteiger partial charge in [-0.25, -0.2) is 4.98 Å². The van der Waals surface area contributed by atoms with E-state index in [0.717, 1.165) is 31.6 Å². The molecule has 0 atom stereocenters. The molecule has 0 aliphatic heterocycles. The largest absolute Gasteiger partial charge is 0.476 e. The number of nitrogens with zero attached hydrogens (tertiary/aromatic N) is 2. The SMILES string of the molecule is CCNCCOc1ccc(NC(=O)c2n[nH]c3c2C(=O)CCC3)cn1. The van der Waals surface area contributed by atoms with Crippen LogP contribution >= 0.6 is 0 Å². The number of rotatable bonds is 7. The zero-order chi connectivity index (χ0) is 17.6. The summed E-state index contributed by atoms with van der Waals surface area (Å²) in [6.45, 7) is 4.18. The van der Waals surface area contributed by atoms with E-state index < -0.39 is 5.91 Å². The molecule has 1 amide bonds. The van der Waals surface area contributed by atoms with Gasteiger partial charge >= 0.3 is 0 Å². The molecule has 25 heavy (non-hydrogen) atoms. The summed E-state index contributed by atoms with van der Waals surface area (Å²) in [7, 11) is 0. The Bertz CT molecular complexity index is 754. The van der Waals surface area contributed by atoms with Gasteiger partial charge < -0.3 is 15.4 Å². The summed E-state index contributed by atoms with van der Waals surface area (Å²) in [4.78, 5) is 28.6. The molecule has 0 saturated carbocycles. The van der Waals surface area contributed by atoms with Crippen LogP contribution in [0.3, 0.4) is 0 Å². The molecule has 3 rings (SSSR count). The number of H-pyrrole nitrogens is 1. The molecule has 0 aromatic carbocycles. The minimum Gasteiger partial charge on any atom is -0.476 e. The Morgan fingerprint density at radius 1 is 1.36 bits per heavy atom. The molecule has 2 heterocycles. The van der Waals surface area contributed by atoms with Gasteiger partial charge in [0.1, 0.15) is 6.61 Å². The zero-order valence-electron chi connectivity index (χ0n) is 14.1. The minimum absolute atomic E-state index is 0.0392. The van der Waals surface area contributed by atoms with Crippen LogP contribution < -0.4 is 15.4 Å². The minimum atomic E-state index is -0.421. The average molecular weight is 343 g/mol. The van der Waals surface area contributed by atoms with Crippen molar-refractivity contribution in [3.8, 4) is 5.88 Å². The second-order valence-electron chi connectivity index (χ2n) is 5.74. The van der Waals surface area contributed by atoms with Crippen molar-refractivity contribution < 1.29 is 14.3 Å². The van der Waals surface area contributed by atoms with Crippen molar-refractivity contribution in [1.82, 2.24) is 20.5 Å². The van der Waals surface area contributed by atoms with Gasteiger partial charge in [-0.15, -0.1) is 0 Å². The van der Waals surface area contributed by atoms with Gasteiger partial charge in [0.25, 0.3) is 5.91 Å². The summed E-state index contributed by atoms with van der Waals surface area (Å²) >= 11 is 0. The molecule has 0 unspecified atom stereocenters. The fraction of sp³-hybridized carbons (Fsp3) is 0.412. The van der Waals surface area contributed by atoms with Gasteiger partial charge in [0.2, 0.25) is 5.88 Å². The van der Waals surface area contributed by atoms with Crippen molar-refractivity contribution in [3.63, 3.8) is 0 Å². The molecule has 2 aromatic rings. The van der Waals surface area contributed by atoms with Crippen LogP contribution in [-0.2, 0) is 6.42 Å². The van der Waals surface area contributed by atoms with Crippen LogP contribution in [-0.4, -0.2) is 46.6 Å². The smallest absolute Gasteiger partial charge is 0.276 e. The number of nitrogens with one attached hydrogen (secondary N) is 3. The number of Topliss-reactive ketones (excluding diaryl/α,β-unsaturated/α-hetero) is 1. The number of aryl methyl sites for hydroxylation is 1. The summed E-state index contributed by atoms with van der Waals surface area (Å²) < 4.78 is 5.48. The monoisotopic (exact) mass is 343 g/mol. The fourth-order valence-corrected chi connectivity index (χ4v) is 2.71. The molecule has 1 aliphatic rings. The number of hydrogen-bond donors (Lipinski definition) is 3. The molecule has 132 valence electrons. The number of amides is 1. The lowest BCUT2D eigenvalue weighted by atomic mass is 9.94. The van der Waals surface area contributed by atoms with E-state index in [4.69, 9.17) is 4.74 Å². The molecule has 8 nitrogen and oxygen atoms in total. The lowest BCUT2D eigenvalue weighted by molar-refractivity contribution is 0.0955. The van der Waals surface area contributed by atoms with Gasteiger partial charge in [-0.1, -0.05) is 6.92 Å². The van der Waals surface area contributed by atoms with Crippen LogP contribution in [0.4, 0.5) is 5.69 Å². The van der Waals surface area contributed by atoms with E-state index in [2.05, 4.69) is 25.8 Å². The summed E-state index contributed by atoms with van der Waals surface area (Å²) in [5, 5.41) is 12.7. The Kier molecular flexibility index (Phi) is 5.39. The van der Waals surface area contributed by atoms with Crippen LogP contribution in [0.5, 0.6) is 5.88 Å². The highest BCUT2D eigenvalue weighted by atomic mass is 16.5. The van der Waals surface area contributed by atoms with E-state index in [9.17, 15) is 9.59 Å². The number of ketones is 1. The highest BCUT2D eigenvalue weighted by Crippen LogP contribution is 2.23. The number of hydrogen-bond acceptors (Lipinski definition) is 6. The fourth-order valence-electron chi connectivity index (χ4n) is 2.71. The number of fused-ring (bicyclic) bond motifs is 1. The van der Waals surface area contributed by atoms with Crippen molar-refractivity contribution in [3.05, 3.63) is 35.3 Å². The molecule has 0 bridgehead atoms. The van der Waals surface area contributed by atoms with Crippen LogP contribution in [0.15, 0.2) is 18.3 Å². The maximum absolute atomic E-state index is 12.4. The van der Waals surface area contributed by atoms with Crippen LogP contribution in [0.2, 0.25) is 0 Å². The van der Waals surface area contributed by atoms with Crippen molar-refractivity contribution in [2.24, 2.45) is 0 Å². The number of likely N-dealkylation sites (N-methyl/N-ethyl adjacent to an activating group) is 1. The first-order valence-electron chi connectivity index (χ1n) is 8.40. The molecule has 0 saturated heterocycles. The highest BCUT2D eigenvalue weighted by molar-refractivity contribution is 6.12. The van der Waals surface area contributed by atoms with Gasteiger partial charge in [-0.2, -0.15) is 5.10 Å². The van der Waals surface area contributed by atoms with Gasteiger partial charge in [0, 0.05) is 24.7 Å². The van der Waals surface area contributed by atoms with Gasteiger partial charge in [-0.05, 0) is 25.5 Å². The van der Waals surface area contributed by atoms with Crippen molar-refractivity contribution in [2.45, 2.75) is 26.2 Å². The van der Waals surface area contributed by atoms with Crippen LogP contribution in [0.25, 0.3) is 0 Å². The number of pyridine rings is 1. The number of anilines is 1. The van der Waals surface area contributed by atoms with Crippen molar-refractivity contribution in [1.29, 1.82) is 0 Å². The number of aromatic amines is 1. The normalized spacial score (nSPS) is 13.4. The van der Waals surface area contributed by atoms with Crippen LogP contribution in [0, 0.1) is 0 Å². The predicted octanol–water partition coefficient (Wildman–Crippen LogP) is 1.56. The van der Waals surface area contributed by atoms with Gasteiger partial charge in [0.05, 0.1) is 17.4 Å². The van der Waals surface area contributed by atoms with E-state index in [1.54, 1.807) is 12.1 Å². The highest BCUT2D eigenvalue weighted by Gasteiger charge is 2.27. The first-order chi connectivity index (χ1) is 12.2. The molecule has 0 fully saturated rings. The second kappa shape index (κ2) is 7.89. The summed E-state index contributed by atoms with van der Waals surface area (Å²) in [6, 6.07) is 3.39. The average Bonchev–Trinajstić information content (AvgIpc) is 3.06. The molecular formula is C17H21N5O3. The third-order valence-corrected chi connectivity index (χ3v) is 3.94. The third kappa shape index (κ3) is 4.03. The van der Waals surface area contributed by atoms with E-state index in [1.165, 1.54) is 6.20 Å². The molecule has 2 aromatic heterocycles. The first kappa shape index (κ1) is 17.1. The Morgan fingerprint density at radius 2 is 2.24 bits per heavy atom. The Labute approximate surface area is 145 Å². The number of carbonyl (C=O) groups is 2. The van der Waals surface area contributed by atoms with Crippen molar-refractivity contribution in [2.75, 3.05) is 25.0 Å². The van der Waals surface area contributed by atoms with Crippen molar-refractivity contribution >= 4 is 17.4 Å². The van der Waals surface area contributed by atoms with Crippen LogP contribution in [0.1, 0.15) is 46.3 Å². The molecule has 0 radical (unpaired) electrons. The maximum Gasteiger partial charge on any atom is 0.276 e. The second-order valence-corrected chi connectivity index (χ2v) is 5.74. The van der Waals surface area contributed by atoms with Gasteiger partial charge in [0.15, 0.2) is 11.5 Å². The number of carbonyl (C=O) groups excluding carboxylic acids is 2. The predicted molar refractivity (Wildman–Crippen MR) is 92.1 cm³/mol. The summed E-state index contributed by atoms with van der Waals surface area (Å²) in [5.74, 6) is 0.0290. The van der Waals surface area contributed by atoms with E-state index >= 15 is 0 Å². The Morgan fingerprint density at radius 3 is 3.00 bits per heavy atom. The summed E-state index contributed by atoms with van der Waals surface area (Å²) in [6.07, 6.45) is 3.49. The van der Waals surface area contributed by atoms with Gasteiger partial charge in [-0.3, -0.25) is 14.7 Å². The molecule has 8 heteroatoms. The van der Waals surface area contributed by atoms with E-state index in [1.807, 2.05) is 6.92 Å². The lowest BCUT2D eigenvalue weighted by Gasteiger charge is -2.10. The lowest BCUT2D eigenvalue weighted by Crippen LogP contribution is -2.20. The number of aromatic nitrogens is 3. The maximum atomic E-state index is 12.4. The molecule has 3 N–H and O–H groups in total. The molecule has 1 aliphatic carbocycles. The van der Waals surface area contributed by atoms with E-state index in [0.29, 0.717) is 30.2 Å². The molecular weight excluding hydrogens is 322 g/mol. The number of ether oxygens (including phenoxy) is 1. The quantitative estimate of drug-likeness (QED) is 0.658. The molecule has 0 spiro atoms. The standard InChI is InChI=1S/C17H21N5O3/c1-2-18-8-9-25-14-7-6-11(10-19-14)20-17(24)16-15-12(21-22-16)4-3-5-13(15)23/h6-7,10,18H,2-5,8-9H2,1H3,(H,20,24)(H,21,22). The van der Waals surface area contributed by atoms with E-state index in [-0.39, 0.29) is 11.5 Å². The Hall–Kier alpha value is -2.74. The zero-order valence-corrected chi connectivity index (χ0v) is 14.1. The summed E-state index contributed by atoms with van der Waals surface area (Å²) in [5.41, 5.74) is 1.82. The Balaban J connectivity index is 1.62. The third-order valence-electron chi connectivity index (χ3n) is 3.94.